The van der Waals surface area contributed by atoms with Crippen LogP contribution in [0.2, 0.25) is 0 Å². The minimum Gasteiger partial charge on any atom is -0.384 e. The molecule has 2 rings (SSSR count). The molecule has 19 heavy (non-hydrogen) atoms. The summed E-state index contributed by atoms with van der Waals surface area (Å²) in [5, 5.41) is 2.68. The quantitative estimate of drug-likeness (QED) is 0.607. The first-order chi connectivity index (χ1) is 8.99. The van der Waals surface area contributed by atoms with Crippen molar-refractivity contribution in [2.45, 2.75) is 17.7 Å². The van der Waals surface area contributed by atoms with E-state index in [2.05, 4.69) is 15.0 Å². The summed E-state index contributed by atoms with van der Waals surface area (Å²) in [4.78, 5) is 15.1. The fourth-order valence-corrected chi connectivity index (χ4v) is 2.47. The number of nitrogen functional groups attached to an aromatic ring is 1. The predicted octanol–water partition coefficient (Wildman–Crippen LogP) is -0.532. The number of amides is 1. The molecule has 0 aromatic carbocycles. The Labute approximate surface area is 111 Å². The Kier molecular flexibility index (Phi) is 4.01. The fraction of sp³-hybridized carbons (Fsp3) is 0.455. The van der Waals surface area contributed by atoms with E-state index in [1.807, 2.05) is 0 Å². The number of carbonyl (C=O) groups excluding carboxylic acids is 1. The van der Waals surface area contributed by atoms with Crippen LogP contribution in [0, 0.1) is 5.92 Å². The van der Waals surface area contributed by atoms with Crippen LogP contribution in [0.15, 0.2) is 23.2 Å². The average molecular weight is 284 g/mol. The highest BCUT2D eigenvalue weighted by atomic mass is 32.2. The van der Waals surface area contributed by atoms with Crippen molar-refractivity contribution in [1.82, 2.24) is 15.0 Å². The van der Waals surface area contributed by atoms with Gasteiger partial charge in [-0.2, -0.15) is 0 Å². The third-order valence-corrected chi connectivity index (χ3v) is 4.18. The molecule has 0 atom stereocenters. The number of rotatable bonds is 6. The van der Waals surface area contributed by atoms with Gasteiger partial charge >= 0.3 is 0 Å². The lowest BCUT2D eigenvalue weighted by atomic mass is 10.4. The zero-order valence-corrected chi connectivity index (χ0v) is 11.1. The Bertz CT molecular complexity index is 552. The van der Waals surface area contributed by atoms with Crippen molar-refractivity contribution in [2.24, 2.45) is 5.92 Å². The molecule has 0 spiro atoms. The molecule has 1 fully saturated rings. The van der Waals surface area contributed by atoms with Crippen molar-refractivity contribution in [3.05, 3.63) is 18.3 Å². The molecule has 0 saturated heterocycles. The van der Waals surface area contributed by atoms with Crippen LogP contribution in [-0.4, -0.2) is 32.4 Å². The summed E-state index contributed by atoms with van der Waals surface area (Å²) in [7, 11) is -3.60. The molecule has 0 bridgehead atoms. The Balaban J connectivity index is 1.80. The molecular formula is C11H16N4O3S. The normalized spacial score (nSPS) is 15.2. The standard InChI is InChI=1S/C11H16N4O3S/c12-10-4-3-9(7-14-10)19(17,18)15-6-5-13-11(16)8-1-2-8/h3-4,7-8,15H,1-2,5-6H2,(H2,12,14)(H,13,16). The molecule has 4 N–H and O–H groups in total. The highest BCUT2D eigenvalue weighted by Crippen LogP contribution is 2.28. The average Bonchev–Trinajstić information content (AvgIpc) is 3.19. The lowest BCUT2D eigenvalue weighted by Crippen LogP contribution is -2.35. The number of hydrogen-bond acceptors (Lipinski definition) is 5. The number of nitrogens with zero attached hydrogens (tertiary/aromatic N) is 1. The van der Waals surface area contributed by atoms with Crippen LogP contribution in [0.1, 0.15) is 12.8 Å². The minimum atomic E-state index is -3.60. The van der Waals surface area contributed by atoms with E-state index in [9.17, 15) is 13.2 Å². The number of pyridine rings is 1. The van der Waals surface area contributed by atoms with E-state index < -0.39 is 10.0 Å². The van der Waals surface area contributed by atoms with Crippen molar-refractivity contribution < 1.29 is 13.2 Å². The summed E-state index contributed by atoms with van der Waals surface area (Å²) in [6, 6.07) is 2.80. The van der Waals surface area contributed by atoms with Crippen LogP contribution in [0.25, 0.3) is 0 Å². The van der Waals surface area contributed by atoms with E-state index in [4.69, 9.17) is 5.73 Å². The summed E-state index contributed by atoms with van der Waals surface area (Å²) in [5.74, 6) is 0.377. The molecule has 1 aliphatic rings. The molecule has 0 radical (unpaired) electrons. The second kappa shape index (κ2) is 5.54. The molecule has 1 saturated carbocycles. The Morgan fingerprint density at radius 1 is 1.37 bits per heavy atom. The third-order valence-electron chi connectivity index (χ3n) is 2.73. The van der Waals surface area contributed by atoms with E-state index in [1.165, 1.54) is 18.3 Å². The van der Waals surface area contributed by atoms with Gasteiger partial charge in [-0.05, 0) is 25.0 Å². The lowest BCUT2D eigenvalue weighted by Gasteiger charge is -2.07. The van der Waals surface area contributed by atoms with Crippen molar-refractivity contribution in [3.63, 3.8) is 0 Å². The van der Waals surface area contributed by atoms with Gasteiger partial charge in [0.1, 0.15) is 10.7 Å². The Morgan fingerprint density at radius 3 is 2.68 bits per heavy atom. The maximum absolute atomic E-state index is 11.8. The summed E-state index contributed by atoms with van der Waals surface area (Å²) >= 11 is 0. The van der Waals surface area contributed by atoms with Crippen LogP contribution in [0.5, 0.6) is 0 Å². The second-order valence-electron chi connectivity index (χ2n) is 4.38. The SMILES string of the molecule is Nc1ccc(S(=O)(=O)NCCNC(=O)C2CC2)cn1. The van der Waals surface area contributed by atoms with E-state index in [-0.39, 0.29) is 35.6 Å². The number of anilines is 1. The van der Waals surface area contributed by atoms with Crippen molar-refractivity contribution in [2.75, 3.05) is 18.8 Å². The molecule has 1 aromatic rings. The lowest BCUT2D eigenvalue weighted by molar-refractivity contribution is -0.122. The second-order valence-corrected chi connectivity index (χ2v) is 6.15. The molecule has 104 valence electrons. The maximum atomic E-state index is 11.8. The molecule has 8 heteroatoms. The van der Waals surface area contributed by atoms with Gasteiger partial charge in [-0.1, -0.05) is 0 Å². The van der Waals surface area contributed by atoms with Crippen LogP contribution in [0.4, 0.5) is 5.82 Å². The smallest absolute Gasteiger partial charge is 0.242 e. The van der Waals surface area contributed by atoms with E-state index >= 15 is 0 Å². The van der Waals surface area contributed by atoms with Crippen LogP contribution in [0.3, 0.4) is 0 Å². The van der Waals surface area contributed by atoms with Gasteiger partial charge in [0.05, 0.1) is 0 Å². The molecule has 1 heterocycles. The number of sulfonamides is 1. The van der Waals surface area contributed by atoms with Gasteiger partial charge in [0.2, 0.25) is 15.9 Å². The first kappa shape index (κ1) is 13.8. The molecule has 0 aliphatic heterocycles. The van der Waals surface area contributed by atoms with Gasteiger partial charge in [0.15, 0.2) is 0 Å². The van der Waals surface area contributed by atoms with E-state index in [0.29, 0.717) is 0 Å². The molecule has 1 aliphatic carbocycles. The number of nitrogens with one attached hydrogen (secondary N) is 2. The largest absolute Gasteiger partial charge is 0.384 e. The molecule has 7 nitrogen and oxygen atoms in total. The van der Waals surface area contributed by atoms with Crippen molar-refractivity contribution in [1.29, 1.82) is 0 Å². The van der Waals surface area contributed by atoms with Gasteiger partial charge in [-0.25, -0.2) is 18.1 Å². The fourth-order valence-electron chi connectivity index (χ4n) is 1.49. The highest BCUT2D eigenvalue weighted by molar-refractivity contribution is 7.89. The Hall–Kier alpha value is -1.67. The summed E-state index contributed by atoms with van der Waals surface area (Å²) in [6.07, 6.45) is 3.05. The number of carbonyl (C=O) groups is 1. The number of aromatic nitrogens is 1. The van der Waals surface area contributed by atoms with E-state index in [1.54, 1.807) is 0 Å². The van der Waals surface area contributed by atoms with E-state index in [0.717, 1.165) is 12.8 Å². The van der Waals surface area contributed by atoms with Crippen molar-refractivity contribution in [3.8, 4) is 0 Å². The highest BCUT2D eigenvalue weighted by Gasteiger charge is 2.29. The monoisotopic (exact) mass is 284 g/mol. The number of nitrogens with two attached hydrogens (primary N) is 1. The van der Waals surface area contributed by atoms with Crippen LogP contribution >= 0.6 is 0 Å². The van der Waals surface area contributed by atoms with Gasteiger partial charge < -0.3 is 11.1 Å². The van der Waals surface area contributed by atoms with Crippen LogP contribution in [-0.2, 0) is 14.8 Å². The predicted molar refractivity (Wildman–Crippen MR) is 69.6 cm³/mol. The van der Waals surface area contributed by atoms with Gasteiger partial charge in [-0.3, -0.25) is 4.79 Å². The number of hydrogen-bond donors (Lipinski definition) is 3. The molecule has 1 amide bonds. The maximum Gasteiger partial charge on any atom is 0.242 e. The first-order valence-electron chi connectivity index (χ1n) is 5.98. The third kappa shape index (κ3) is 3.90. The van der Waals surface area contributed by atoms with Gasteiger partial charge in [-0.15, -0.1) is 0 Å². The molecule has 0 unspecified atom stereocenters. The summed E-state index contributed by atoms with van der Waals surface area (Å²) in [6.45, 7) is 0.419. The molecule has 1 aromatic heterocycles. The van der Waals surface area contributed by atoms with Crippen LogP contribution < -0.4 is 15.8 Å². The minimum absolute atomic E-state index is 0.00616. The molecular weight excluding hydrogens is 268 g/mol. The Morgan fingerprint density at radius 2 is 2.11 bits per heavy atom. The van der Waals surface area contributed by atoms with Gasteiger partial charge in [0.25, 0.3) is 0 Å². The first-order valence-corrected chi connectivity index (χ1v) is 7.46. The zero-order valence-electron chi connectivity index (χ0n) is 10.3. The topological polar surface area (TPSA) is 114 Å². The van der Waals surface area contributed by atoms with Crippen molar-refractivity contribution >= 4 is 21.7 Å². The zero-order chi connectivity index (χ0) is 13.9. The summed E-state index contributed by atoms with van der Waals surface area (Å²) < 4.78 is 26.0. The van der Waals surface area contributed by atoms with Gasteiger partial charge in [0, 0.05) is 25.2 Å². The summed E-state index contributed by atoms with van der Waals surface area (Å²) in [5.41, 5.74) is 5.39.